The van der Waals surface area contributed by atoms with Gasteiger partial charge in [0.05, 0.1) is 11.5 Å². The monoisotopic (exact) mass is 452 g/mol. The highest BCUT2D eigenvalue weighted by Crippen LogP contribution is 2.55. The Bertz CT molecular complexity index is 786. The molecule has 4 aliphatic carbocycles. The van der Waals surface area contributed by atoms with Crippen molar-refractivity contribution in [2.75, 3.05) is 44.2 Å². The van der Waals surface area contributed by atoms with Crippen molar-refractivity contribution < 1.29 is 18.0 Å². The van der Waals surface area contributed by atoms with E-state index in [1.807, 2.05) is 4.90 Å². The summed E-state index contributed by atoms with van der Waals surface area (Å²) in [5, 5.41) is 6.21. The number of sulfone groups is 1. The van der Waals surface area contributed by atoms with Gasteiger partial charge in [-0.05, 0) is 62.7 Å². The molecule has 2 saturated heterocycles. The van der Waals surface area contributed by atoms with Crippen LogP contribution in [0.4, 0.5) is 4.79 Å². The smallest absolute Gasteiger partial charge is 0.315 e. The molecule has 0 radical (unpaired) electrons. The Morgan fingerprint density at radius 1 is 0.935 bits per heavy atom. The molecular weight excluding hydrogens is 416 g/mol. The summed E-state index contributed by atoms with van der Waals surface area (Å²) in [6.07, 6.45) is 8.43. The van der Waals surface area contributed by atoms with Crippen LogP contribution in [0.15, 0.2) is 0 Å². The summed E-state index contributed by atoms with van der Waals surface area (Å²) in [4.78, 5) is 29.1. The minimum absolute atomic E-state index is 0.00705. The van der Waals surface area contributed by atoms with Crippen LogP contribution >= 0.6 is 0 Å². The van der Waals surface area contributed by atoms with Crippen LogP contribution in [0.3, 0.4) is 0 Å². The lowest BCUT2D eigenvalue weighted by Gasteiger charge is -2.56. The molecule has 2 aliphatic heterocycles. The van der Waals surface area contributed by atoms with Crippen LogP contribution in [0.5, 0.6) is 0 Å². The molecule has 2 N–H and O–H groups in total. The molecule has 1 atom stereocenters. The van der Waals surface area contributed by atoms with Gasteiger partial charge in [0.25, 0.3) is 0 Å². The highest BCUT2D eigenvalue weighted by Gasteiger charge is 2.51. The van der Waals surface area contributed by atoms with Gasteiger partial charge in [-0.2, -0.15) is 0 Å². The van der Waals surface area contributed by atoms with Gasteiger partial charge in [0, 0.05) is 50.7 Å². The lowest BCUT2D eigenvalue weighted by molar-refractivity contribution is -0.133. The summed E-state index contributed by atoms with van der Waals surface area (Å²) in [5.74, 6) is 2.97. The molecule has 8 nitrogen and oxygen atoms in total. The van der Waals surface area contributed by atoms with Crippen LogP contribution < -0.4 is 10.6 Å². The molecule has 174 valence electrons. The van der Waals surface area contributed by atoms with E-state index in [-0.39, 0.29) is 35.0 Å². The molecular formula is C22H36N4O4S. The standard InChI is InChI=1S/C22H36N4O4S/c27-20(26-6-4-25(5-7-26)19-2-8-31(29,30)15-19)1-3-23-21(28)24-22-12-16-9-17(13-22)11-18(10-16)14-22/h16-19H,1-15H2,(H2,23,24,28). The minimum Gasteiger partial charge on any atom is -0.340 e. The lowest BCUT2D eigenvalue weighted by Crippen LogP contribution is -2.61. The van der Waals surface area contributed by atoms with Crippen LogP contribution in [0.25, 0.3) is 0 Å². The zero-order valence-corrected chi connectivity index (χ0v) is 19.2. The van der Waals surface area contributed by atoms with Crippen molar-refractivity contribution in [3.8, 4) is 0 Å². The van der Waals surface area contributed by atoms with Gasteiger partial charge >= 0.3 is 6.03 Å². The molecule has 1 unspecified atom stereocenters. The minimum atomic E-state index is -2.88. The second-order valence-corrected chi connectivity index (χ2v) is 13.0. The number of amides is 3. The fourth-order valence-corrected chi connectivity index (χ4v) is 9.15. The van der Waals surface area contributed by atoms with Crippen LogP contribution in [-0.2, 0) is 14.6 Å². The zero-order chi connectivity index (χ0) is 21.6. The maximum Gasteiger partial charge on any atom is 0.315 e. The van der Waals surface area contributed by atoms with Crippen molar-refractivity contribution in [2.45, 2.75) is 62.9 Å². The lowest BCUT2D eigenvalue weighted by atomic mass is 9.53. The van der Waals surface area contributed by atoms with E-state index in [0.717, 1.165) is 50.1 Å². The van der Waals surface area contributed by atoms with E-state index in [9.17, 15) is 18.0 Å². The second kappa shape index (κ2) is 8.21. The molecule has 6 rings (SSSR count). The van der Waals surface area contributed by atoms with Crippen molar-refractivity contribution in [3.05, 3.63) is 0 Å². The van der Waals surface area contributed by atoms with Crippen LogP contribution in [0.1, 0.15) is 51.4 Å². The fraction of sp³-hybridized carbons (Fsp3) is 0.909. The Hall–Kier alpha value is -1.35. The fourth-order valence-electron chi connectivity index (χ4n) is 7.39. The van der Waals surface area contributed by atoms with Gasteiger partial charge in [0.1, 0.15) is 0 Å². The largest absolute Gasteiger partial charge is 0.340 e. The van der Waals surface area contributed by atoms with Gasteiger partial charge in [-0.15, -0.1) is 0 Å². The molecule has 31 heavy (non-hydrogen) atoms. The van der Waals surface area contributed by atoms with E-state index in [1.54, 1.807) is 0 Å². The van der Waals surface area contributed by atoms with Gasteiger partial charge in [-0.1, -0.05) is 0 Å². The molecule has 0 spiro atoms. The van der Waals surface area contributed by atoms with Gasteiger partial charge in [-0.25, -0.2) is 13.2 Å². The average molecular weight is 453 g/mol. The van der Waals surface area contributed by atoms with Crippen molar-refractivity contribution in [1.82, 2.24) is 20.4 Å². The summed E-state index contributed by atoms with van der Waals surface area (Å²) in [6, 6.07) is -0.0146. The molecule has 6 fully saturated rings. The first-order valence-corrected chi connectivity index (χ1v) is 13.9. The summed E-state index contributed by atoms with van der Waals surface area (Å²) < 4.78 is 23.4. The summed E-state index contributed by atoms with van der Waals surface area (Å²) in [7, 11) is -2.88. The van der Waals surface area contributed by atoms with Crippen LogP contribution in [0.2, 0.25) is 0 Å². The van der Waals surface area contributed by atoms with E-state index >= 15 is 0 Å². The number of nitrogens with zero attached hydrogens (tertiary/aromatic N) is 2. The van der Waals surface area contributed by atoms with Crippen LogP contribution in [0, 0.1) is 17.8 Å². The summed E-state index contributed by atoms with van der Waals surface area (Å²) in [5.41, 5.74) is -0.00705. The normalized spacial score (nSPS) is 38.9. The number of piperazine rings is 1. The Kier molecular flexibility index (Phi) is 5.69. The highest BCUT2D eigenvalue weighted by atomic mass is 32.2. The highest BCUT2D eigenvalue weighted by molar-refractivity contribution is 7.91. The third kappa shape index (κ3) is 4.72. The van der Waals surface area contributed by atoms with E-state index in [0.29, 0.717) is 32.5 Å². The third-order valence-corrected chi connectivity index (χ3v) is 10.2. The van der Waals surface area contributed by atoms with Gasteiger partial charge in [0.15, 0.2) is 9.84 Å². The first kappa shape index (κ1) is 21.5. The molecule has 0 aromatic rings. The van der Waals surface area contributed by atoms with Gasteiger partial charge in [0.2, 0.25) is 5.91 Å². The number of nitrogens with one attached hydrogen (secondary N) is 2. The van der Waals surface area contributed by atoms with Crippen molar-refractivity contribution in [2.24, 2.45) is 17.8 Å². The molecule has 0 aromatic carbocycles. The van der Waals surface area contributed by atoms with Crippen molar-refractivity contribution in [3.63, 3.8) is 0 Å². The SMILES string of the molecule is O=C(NCCC(=O)N1CCN(C2CCS(=O)(=O)C2)CC1)NC12CC3CC(CC(C3)C1)C2. The zero-order valence-electron chi connectivity index (χ0n) is 18.4. The Morgan fingerprint density at radius 3 is 2.10 bits per heavy atom. The first-order chi connectivity index (χ1) is 14.8. The number of urea groups is 1. The topological polar surface area (TPSA) is 98.8 Å². The number of hydrogen-bond donors (Lipinski definition) is 2. The molecule has 4 bridgehead atoms. The average Bonchev–Trinajstić information content (AvgIpc) is 3.06. The van der Waals surface area contributed by atoms with E-state index in [4.69, 9.17) is 0 Å². The maximum absolute atomic E-state index is 12.6. The van der Waals surface area contributed by atoms with E-state index in [1.165, 1.54) is 19.3 Å². The molecule has 0 aromatic heterocycles. The first-order valence-electron chi connectivity index (χ1n) is 12.1. The predicted octanol–water partition coefficient (Wildman–Crippen LogP) is 0.976. The summed E-state index contributed by atoms with van der Waals surface area (Å²) >= 11 is 0. The second-order valence-electron chi connectivity index (χ2n) is 10.8. The number of rotatable bonds is 5. The molecule has 3 amide bonds. The van der Waals surface area contributed by atoms with Gasteiger partial charge in [-0.3, -0.25) is 9.69 Å². The Morgan fingerprint density at radius 2 is 1.55 bits per heavy atom. The third-order valence-electron chi connectivity index (χ3n) is 8.43. The maximum atomic E-state index is 12.6. The van der Waals surface area contributed by atoms with Crippen molar-refractivity contribution >= 4 is 21.8 Å². The van der Waals surface area contributed by atoms with E-state index in [2.05, 4.69) is 15.5 Å². The van der Waals surface area contributed by atoms with Gasteiger partial charge < -0.3 is 15.5 Å². The molecule has 6 aliphatic rings. The number of carbonyl (C=O) groups excluding carboxylic acids is 2. The molecule has 4 saturated carbocycles. The molecule has 9 heteroatoms. The quantitative estimate of drug-likeness (QED) is 0.648. The van der Waals surface area contributed by atoms with E-state index < -0.39 is 9.84 Å². The molecule has 2 heterocycles. The Balaban J connectivity index is 1.02. The predicted molar refractivity (Wildman–Crippen MR) is 117 cm³/mol. The Labute approximate surface area is 185 Å². The summed E-state index contributed by atoms with van der Waals surface area (Å²) in [6.45, 7) is 3.08. The number of hydrogen-bond acceptors (Lipinski definition) is 5. The number of carbonyl (C=O) groups is 2. The van der Waals surface area contributed by atoms with Crippen molar-refractivity contribution in [1.29, 1.82) is 0 Å². The van der Waals surface area contributed by atoms with Crippen LogP contribution in [-0.4, -0.2) is 86.0 Å².